The van der Waals surface area contributed by atoms with E-state index in [1.165, 1.54) is 12.1 Å². The fourth-order valence-corrected chi connectivity index (χ4v) is 3.65. The van der Waals surface area contributed by atoms with Gasteiger partial charge in [0.15, 0.2) is 0 Å². The standard InChI is InChI=1S/C13H13F3N4O3S2/c1-2-10(21)18-11-19-20-12(24-11)25(22,23)17-7-8-4-3-5-9(6-8)13(14,15)16/h3-6,17H,2,7H2,1H3,(H,18,19,21). The van der Waals surface area contributed by atoms with Crippen molar-refractivity contribution in [3.05, 3.63) is 35.4 Å². The predicted octanol–water partition coefficient (Wildman–Crippen LogP) is 2.38. The SMILES string of the molecule is CCC(=O)Nc1nnc(S(=O)(=O)NCc2cccc(C(F)(F)F)c2)s1. The van der Waals surface area contributed by atoms with Gasteiger partial charge in [0.1, 0.15) is 0 Å². The van der Waals surface area contributed by atoms with Crippen molar-refractivity contribution in [1.82, 2.24) is 14.9 Å². The van der Waals surface area contributed by atoms with Gasteiger partial charge >= 0.3 is 6.18 Å². The largest absolute Gasteiger partial charge is 0.416 e. The molecule has 0 radical (unpaired) electrons. The quantitative estimate of drug-likeness (QED) is 0.733. The van der Waals surface area contributed by atoms with E-state index >= 15 is 0 Å². The van der Waals surface area contributed by atoms with Crippen LogP contribution in [0, 0.1) is 0 Å². The third-order valence-electron chi connectivity index (χ3n) is 2.92. The first-order valence-electron chi connectivity index (χ1n) is 6.91. The first-order chi connectivity index (χ1) is 11.6. The van der Waals surface area contributed by atoms with Crippen LogP contribution in [0.5, 0.6) is 0 Å². The average molecular weight is 394 g/mol. The molecule has 1 aromatic heterocycles. The number of benzene rings is 1. The second-order valence-corrected chi connectivity index (χ2v) is 7.72. The number of anilines is 1. The third-order valence-corrected chi connectivity index (χ3v) is 5.53. The van der Waals surface area contributed by atoms with Gasteiger partial charge in [-0.3, -0.25) is 4.79 Å². The van der Waals surface area contributed by atoms with Gasteiger partial charge in [-0.25, -0.2) is 13.1 Å². The summed E-state index contributed by atoms with van der Waals surface area (Å²) in [6.45, 7) is 1.27. The van der Waals surface area contributed by atoms with Crippen LogP contribution in [0.4, 0.5) is 18.3 Å². The number of carbonyl (C=O) groups is 1. The predicted molar refractivity (Wildman–Crippen MR) is 84.3 cm³/mol. The topological polar surface area (TPSA) is 101 Å². The Balaban J connectivity index is 2.08. The molecular weight excluding hydrogens is 381 g/mol. The minimum atomic E-state index is -4.51. The van der Waals surface area contributed by atoms with Crippen LogP contribution in [-0.2, 0) is 27.5 Å². The molecule has 0 fully saturated rings. The van der Waals surface area contributed by atoms with Crippen LogP contribution in [0.2, 0.25) is 0 Å². The van der Waals surface area contributed by atoms with Crippen LogP contribution >= 0.6 is 11.3 Å². The molecule has 7 nitrogen and oxygen atoms in total. The summed E-state index contributed by atoms with van der Waals surface area (Å²) in [5.41, 5.74) is -0.730. The van der Waals surface area contributed by atoms with E-state index < -0.39 is 26.1 Å². The number of sulfonamides is 1. The minimum Gasteiger partial charge on any atom is -0.301 e. The van der Waals surface area contributed by atoms with Crippen molar-refractivity contribution in [2.24, 2.45) is 0 Å². The number of nitrogens with zero attached hydrogens (tertiary/aromatic N) is 2. The molecule has 1 aromatic carbocycles. The second-order valence-electron chi connectivity index (χ2n) is 4.80. The van der Waals surface area contributed by atoms with E-state index in [1.54, 1.807) is 6.92 Å². The Morgan fingerprint density at radius 2 is 2.00 bits per heavy atom. The molecule has 0 bridgehead atoms. The summed E-state index contributed by atoms with van der Waals surface area (Å²) in [7, 11) is -4.07. The summed E-state index contributed by atoms with van der Waals surface area (Å²) in [6, 6.07) is 4.31. The Hall–Kier alpha value is -2.05. The van der Waals surface area contributed by atoms with Crippen LogP contribution in [-0.4, -0.2) is 24.5 Å². The highest BCUT2D eigenvalue weighted by Gasteiger charge is 2.30. The Kier molecular flexibility index (Phi) is 5.75. The van der Waals surface area contributed by atoms with Crippen molar-refractivity contribution in [3.63, 3.8) is 0 Å². The Bertz CT molecular complexity index is 865. The second kappa shape index (κ2) is 7.45. The fraction of sp³-hybridized carbons (Fsp3) is 0.308. The maximum Gasteiger partial charge on any atom is 0.416 e. The highest BCUT2D eigenvalue weighted by molar-refractivity contribution is 7.91. The molecule has 1 heterocycles. The van der Waals surface area contributed by atoms with Gasteiger partial charge in [0, 0.05) is 13.0 Å². The maximum atomic E-state index is 12.7. The zero-order chi connectivity index (χ0) is 18.7. The van der Waals surface area contributed by atoms with Crippen LogP contribution in [0.15, 0.2) is 28.6 Å². The maximum absolute atomic E-state index is 12.7. The highest BCUT2D eigenvalue weighted by Crippen LogP contribution is 2.29. The van der Waals surface area contributed by atoms with Gasteiger partial charge in [0.25, 0.3) is 10.0 Å². The number of hydrogen-bond acceptors (Lipinski definition) is 6. The number of aromatic nitrogens is 2. The smallest absolute Gasteiger partial charge is 0.301 e. The molecule has 0 saturated heterocycles. The van der Waals surface area contributed by atoms with Gasteiger partial charge in [0.2, 0.25) is 15.4 Å². The summed E-state index contributed by atoms with van der Waals surface area (Å²) in [4.78, 5) is 11.2. The molecule has 136 valence electrons. The van der Waals surface area contributed by atoms with E-state index in [0.29, 0.717) is 11.3 Å². The number of alkyl halides is 3. The lowest BCUT2D eigenvalue weighted by molar-refractivity contribution is -0.137. The number of rotatable bonds is 6. The monoisotopic (exact) mass is 394 g/mol. The molecule has 2 rings (SSSR count). The molecule has 0 unspecified atom stereocenters. The molecule has 25 heavy (non-hydrogen) atoms. The van der Waals surface area contributed by atoms with Gasteiger partial charge in [-0.1, -0.05) is 36.5 Å². The van der Waals surface area contributed by atoms with Crippen molar-refractivity contribution in [2.45, 2.75) is 30.4 Å². The van der Waals surface area contributed by atoms with Crippen molar-refractivity contribution in [2.75, 3.05) is 5.32 Å². The first kappa shape index (κ1) is 19.3. The Morgan fingerprint density at radius 3 is 2.64 bits per heavy atom. The molecule has 12 heteroatoms. The third kappa shape index (κ3) is 5.21. The van der Waals surface area contributed by atoms with Gasteiger partial charge in [-0.15, -0.1) is 10.2 Å². The summed E-state index contributed by atoms with van der Waals surface area (Å²) in [5.74, 6) is -0.350. The molecule has 0 atom stereocenters. The van der Waals surface area contributed by atoms with Gasteiger partial charge in [-0.05, 0) is 11.6 Å². The van der Waals surface area contributed by atoms with E-state index in [4.69, 9.17) is 0 Å². The lowest BCUT2D eigenvalue weighted by Crippen LogP contribution is -2.23. The van der Waals surface area contributed by atoms with Gasteiger partial charge in [-0.2, -0.15) is 13.2 Å². The lowest BCUT2D eigenvalue weighted by Gasteiger charge is -2.09. The number of hydrogen-bond donors (Lipinski definition) is 2. The summed E-state index contributed by atoms with van der Waals surface area (Å²) in [6.07, 6.45) is -4.32. The van der Waals surface area contributed by atoms with Crippen LogP contribution < -0.4 is 10.0 Å². The number of carbonyl (C=O) groups excluding carboxylic acids is 1. The lowest BCUT2D eigenvalue weighted by atomic mass is 10.1. The van der Waals surface area contributed by atoms with Gasteiger partial charge in [0.05, 0.1) is 5.56 Å². The van der Waals surface area contributed by atoms with E-state index in [2.05, 4.69) is 20.2 Å². The summed E-state index contributed by atoms with van der Waals surface area (Å²) in [5, 5.41) is 9.40. The fourth-order valence-electron chi connectivity index (χ4n) is 1.67. The summed E-state index contributed by atoms with van der Waals surface area (Å²) >= 11 is 0.641. The summed E-state index contributed by atoms with van der Waals surface area (Å²) < 4.78 is 63.9. The van der Waals surface area contributed by atoms with Crippen LogP contribution in [0.1, 0.15) is 24.5 Å². The van der Waals surface area contributed by atoms with Crippen molar-refractivity contribution < 1.29 is 26.4 Å². The first-order valence-corrected chi connectivity index (χ1v) is 9.21. The van der Waals surface area contributed by atoms with Crippen molar-refractivity contribution in [3.8, 4) is 0 Å². The number of amides is 1. The van der Waals surface area contributed by atoms with Crippen LogP contribution in [0.25, 0.3) is 0 Å². The van der Waals surface area contributed by atoms with Crippen molar-refractivity contribution >= 4 is 32.4 Å². The molecule has 0 aliphatic heterocycles. The van der Waals surface area contributed by atoms with Gasteiger partial charge < -0.3 is 5.32 Å². The Labute approximate surface area is 145 Å². The molecule has 0 saturated carbocycles. The number of halogens is 3. The molecule has 2 N–H and O–H groups in total. The van der Waals surface area contributed by atoms with Crippen LogP contribution in [0.3, 0.4) is 0 Å². The minimum absolute atomic E-state index is 0.0197. The van der Waals surface area contributed by atoms with E-state index in [9.17, 15) is 26.4 Å². The molecule has 2 aromatic rings. The van der Waals surface area contributed by atoms with E-state index in [1.807, 2.05) is 0 Å². The molecule has 0 aliphatic carbocycles. The van der Waals surface area contributed by atoms with E-state index in [-0.39, 0.29) is 29.6 Å². The average Bonchev–Trinajstić information content (AvgIpc) is 3.02. The van der Waals surface area contributed by atoms with Crippen molar-refractivity contribution in [1.29, 1.82) is 0 Å². The Morgan fingerprint density at radius 1 is 1.28 bits per heavy atom. The van der Waals surface area contributed by atoms with E-state index in [0.717, 1.165) is 12.1 Å². The highest BCUT2D eigenvalue weighted by atomic mass is 32.2. The number of nitrogens with one attached hydrogen (secondary N) is 2. The zero-order valence-corrected chi connectivity index (χ0v) is 14.4. The zero-order valence-electron chi connectivity index (χ0n) is 12.8. The molecule has 0 spiro atoms. The normalized spacial score (nSPS) is 12.2. The molecule has 1 amide bonds. The molecular formula is C13H13F3N4O3S2. The molecule has 0 aliphatic rings.